The Hall–Kier alpha value is -1.48. The average molecular weight is 236 g/mol. The molecule has 2 aromatic heterocycles. The summed E-state index contributed by atoms with van der Waals surface area (Å²) in [6.45, 7) is 4.18. The topological polar surface area (TPSA) is 40.7 Å². The first-order valence-electron chi connectivity index (χ1n) is 5.22. The van der Waals surface area contributed by atoms with Crippen molar-refractivity contribution in [3.8, 4) is 11.3 Å². The summed E-state index contributed by atoms with van der Waals surface area (Å²) >= 11 is 5.90. The maximum Gasteiger partial charge on any atom is 0.131 e. The SMILES string of the molecule is CC(C)Nc1cc(Cl)ncc1-c1ccc[nH]1. The summed E-state index contributed by atoms with van der Waals surface area (Å²) < 4.78 is 0. The third-order valence-corrected chi connectivity index (χ3v) is 2.41. The Balaban J connectivity index is 2.44. The van der Waals surface area contributed by atoms with Crippen molar-refractivity contribution in [3.05, 3.63) is 35.7 Å². The number of H-pyrrole nitrogens is 1. The van der Waals surface area contributed by atoms with Crippen LogP contribution in [-0.2, 0) is 0 Å². The standard InChI is InChI=1S/C12H14ClN3/c1-8(2)16-11-6-12(13)15-7-9(11)10-4-3-5-14-10/h3-8,14H,1-2H3,(H,15,16). The van der Waals surface area contributed by atoms with Gasteiger partial charge in [0.05, 0.1) is 0 Å². The summed E-state index contributed by atoms with van der Waals surface area (Å²) in [5.41, 5.74) is 3.06. The second kappa shape index (κ2) is 4.58. The van der Waals surface area contributed by atoms with E-state index in [1.165, 1.54) is 0 Å². The molecule has 0 bridgehead atoms. The van der Waals surface area contributed by atoms with Crippen molar-refractivity contribution in [2.24, 2.45) is 0 Å². The molecule has 0 atom stereocenters. The number of anilines is 1. The molecule has 0 fully saturated rings. The van der Waals surface area contributed by atoms with Crippen molar-refractivity contribution in [1.29, 1.82) is 0 Å². The zero-order valence-electron chi connectivity index (χ0n) is 9.29. The Bertz CT molecular complexity index is 463. The lowest BCUT2D eigenvalue weighted by Crippen LogP contribution is -2.10. The highest BCUT2D eigenvalue weighted by Gasteiger charge is 2.08. The van der Waals surface area contributed by atoms with Crippen LogP contribution >= 0.6 is 11.6 Å². The fourth-order valence-corrected chi connectivity index (χ4v) is 1.73. The second-order valence-electron chi connectivity index (χ2n) is 3.94. The quantitative estimate of drug-likeness (QED) is 0.799. The van der Waals surface area contributed by atoms with Gasteiger partial charge in [-0.2, -0.15) is 0 Å². The number of nitrogens with one attached hydrogen (secondary N) is 2. The Kier molecular flexibility index (Phi) is 3.15. The molecule has 0 aliphatic carbocycles. The Labute approximate surface area is 99.9 Å². The van der Waals surface area contributed by atoms with Gasteiger partial charge in [0.1, 0.15) is 5.15 Å². The minimum Gasteiger partial charge on any atom is -0.382 e. The van der Waals surface area contributed by atoms with Gasteiger partial charge in [-0.1, -0.05) is 11.6 Å². The van der Waals surface area contributed by atoms with Gasteiger partial charge >= 0.3 is 0 Å². The van der Waals surface area contributed by atoms with Crippen LogP contribution in [0.2, 0.25) is 5.15 Å². The van der Waals surface area contributed by atoms with Crippen molar-refractivity contribution in [2.75, 3.05) is 5.32 Å². The van der Waals surface area contributed by atoms with E-state index in [0.29, 0.717) is 11.2 Å². The summed E-state index contributed by atoms with van der Waals surface area (Å²) in [7, 11) is 0. The third kappa shape index (κ3) is 2.36. The summed E-state index contributed by atoms with van der Waals surface area (Å²) in [4.78, 5) is 7.27. The number of hydrogen-bond donors (Lipinski definition) is 2. The maximum atomic E-state index is 5.90. The van der Waals surface area contributed by atoms with E-state index in [-0.39, 0.29) is 0 Å². The number of rotatable bonds is 3. The average Bonchev–Trinajstić information content (AvgIpc) is 2.69. The molecule has 2 rings (SSSR count). The molecular formula is C12H14ClN3. The lowest BCUT2D eigenvalue weighted by Gasteiger charge is -2.14. The molecule has 2 N–H and O–H groups in total. The van der Waals surface area contributed by atoms with E-state index in [2.05, 4.69) is 29.1 Å². The van der Waals surface area contributed by atoms with Crippen LogP contribution in [0.4, 0.5) is 5.69 Å². The van der Waals surface area contributed by atoms with Gasteiger partial charge in [0.2, 0.25) is 0 Å². The number of aromatic amines is 1. The molecule has 0 amide bonds. The molecule has 0 aliphatic rings. The predicted octanol–water partition coefficient (Wildman–Crippen LogP) is 3.55. The van der Waals surface area contributed by atoms with Gasteiger partial charge in [0.15, 0.2) is 0 Å². The van der Waals surface area contributed by atoms with Crippen LogP contribution in [-0.4, -0.2) is 16.0 Å². The first kappa shape index (κ1) is 11.0. The van der Waals surface area contributed by atoms with Crippen LogP contribution in [0, 0.1) is 0 Å². The fraction of sp³-hybridized carbons (Fsp3) is 0.250. The Morgan fingerprint density at radius 1 is 1.44 bits per heavy atom. The minimum atomic E-state index is 0.354. The first-order valence-corrected chi connectivity index (χ1v) is 5.60. The van der Waals surface area contributed by atoms with Crippen LogP contribution in [0.15, 0.2) is 30.6 Å². The molecule has 2 aromatic rings. The Morgan fingerprint density at radius 3 is 2.88 bits per heavy atom. The monoisotopic (exact) mass is 235 g/mol. The van der Waals surface area contributed by atoms with Gasteiger partial charge in [0, 0.05) is 35.4 Å². The maximum absolute atomic E-state index is 5.90. The van der Waals surface area contributed by atoms with E-state index in [1.807, 2.05) is 24.4 Å². The van der Waals surface area contributed by atoms with Crippen molar-refractivity contribution in [3.63, 3.8) is 0 Å². The number of aromatic nitrogens is 2. The molecular weight excluding hydrogens is 222 g/mol. The summed E-state index contributed by atoms with van der Waals surface area (Å²) in [5.74, 6) is 0. The van der Waals surface area contributed by atoms with E-state index in [0.717, 1.165) is 16.9 Å². The predicted molar refractivity (Wildman–Crippen MR) is 67.8 cm³/mol. The lowest BCUT2D eigenvalue weighted by molar-refractivity contribution is 0.899. The normalized spacial score (nSPS) is 10.8. The number of halogens is 1. The van der Waals surface area contributed by atoms with Crippen molar-refractivity contribution < 1.29 is 0 Å². The lowest BCUT2D eigenvalue weighted by atomic mass is 10.1. The molecule has 84 valence electrons. The van der Waals surface area contributed by atoms with Gasteiger partial charge in [-0.05, 0) is 32.0 Å². The summed E-state index contributed by atoms with van der Waals surface area (Å²) in [6.07, 6.45) is 3.67. The van der Waals surface area contributed by atoms with Gasteiger partial charge < -0.3 is 10.3 Å². The molecule has 0 aromatic carbocycles. The van der Waals surface area contributed by atoms with Gasteiger partial charge in [-0.3, -0.25) is 0 Å². The fourth-order valence-electron chi connectivity index (χ4n) is 1.57. The molecule has 0 saturated heterocycles. The third-order valence-electron chi connectivity index (χ3n) is 2.20. The van der Waals surface area contributed by atoms with Crippen LogP contribution in [0.25, 0.3) is 11.3 Å². The molecule has 4 heteroatoms. The van der Waals surface area contributed by atoms with E-state index >= 15 is 0 Å². The zero-order valence-corrected chi connectivity index (χ0v) is 10.0. The Morgan fingerprint density at radius 2 is 2.25 bits per heavy atom. The molecule has 0 saturated carbocycles. The van der Waals surface area contributed by atoms with Gasteiger partial charge in [-0.25, -0.2) is 4.98 Å². The molecule has 16 heavy (non-hydrogen) atoms. The van der Waals surface area contributed by atoms with Gasteiger partial charge in [0.25, 0.3) is 0 Å². The van der Waals surface area contributed by atoms with Crippen molar-refractivity contribution in [2.45, 2.75) is 19.9 Å². The van der Waals surface area contributed by atoms with Crippen LogP contribution in [0.1, 0.15) is 13.8 Å². The van der Waals surface area contributed by atoms with Crippen molar-refractivity contribution >= 4 is 17.3 Å². The largest absolute Gasteiger partial charge is 0.382 e. The number of nitrogens with zero attached hydrogens (tertiary/aromatic N) is 1. The van der Waals surface area contributed by atoms with E-state index in [1.54, 1.807) is 6.20 Å². The highest BCUT2D eigenvalue weighted by Crippen LogP contribution is 2.28. The molecule has 0 radical (unpaired) electrons. The molecule has 0 aliphatic heterocycles. The number of pyridine rings is 1. The number of hydrogen-bond acceptors (Lipinski definition) is 2. The first-order chi connectivity index (χ1) is 7.66. The van der Waals surface area contributed by atoms with Gasteiger partial charge in [-0.15, -0.1) is 0 Å². The summed E-state index contributed by atoms with van der Waals surface area (Å²) in [5, 5.41) is 3.86. The van der Waals surface area contributed by atoms with Crippen LogP contribution < -0.4 is 5.32 Å². The van der Waals surface area contributed by atoms with E-state index in [9.17, 15) is 0 Å². The van der Waals surface area contributed by atoms with E-state index < -0.39 is 0 Å². The highest BCUT2D eigenvalue weighted by atomic mass is 35.5. The van der Waals surface area contributed by atoms with Crippen LogP contribution in [0.5, 0.6) is 0 Å². The molecule has 0 unspecified atom stereocenters. The molecule has 0 spiro atoms. The van der Waals surface area contributed by atoms with Crippen LogP contribution in [0.3, 0.4) is 0 Å². The highest BCUT2D eigenvalue weighted by molar-refractivity contribution is 6.29. The zero-order chi connectivity index (χ0) is 11.5. The molecule has 2 heterocycles. The minimum absolute atomic E-state index is 0.354. The van der Waals surface area contributed by atoms with Crippen molar-refractivity contribution in [1.82, 2.24) is 9.97 Å². The van der Waals surface area contributed by atoms with E-state index in [4.69, 9.17) is 11.6 Å². The smallest absolute Gasteiger partial charge is 0.131 e. The molecule has 3 nitrogen and oxygen atoms in total. The second-order valence-corrected chi connectivity index (χ2v) is 4.32. The summed E-state index contributed by atoms with van der Waals surface area (Å²) in [6, 6.07) is 6.17.